The van der Waals surface area contributed by atoms with Crippen LogP contribution in [0.3, 0.4) is 0 Å². The Morgan fingerprint density at radius 3 is 2.89 bits per heavy atom. The summed E-state index contributed by atoms with van der Waals surface area (Å²) in [6.45, 7) is 4.21. The van der Waals surface area contributed by atoms with E-state index in [1.165, 1.54) is 0 Å². The molecule has 18 heavy (non-hydrogen) atoms. The van der Waals surface area contributed by atoms with Gasteiger partial charge in [-0.25, -0.2) is 4.68 Å². The first kappa shape index (κ1) is 11.3. The average molecular weight is 248 g/mol. The second-order valence-electron chi connectivity index (χ2n) is 5.34. The largest absolute Gasteiger partial charge is 0.337 e. The molecule has 96 valence electrons. The predicted molar refractivity (Wildman–Crippen MR) is 62.6 cm³/mol. The highest BCUT2D eigenvalue weighted by atomic mass is 16.5. The second kappa shape index (κ2) is 3.88. The summed E-state index contributed by atoms with van der Waals surface area (Å²) in [5, 5.41) is 12.0. The molecule has 0 radical (unpaired) electrons. The van der Waals surface area contributed by atoms with Gasteiger partial charge in [0, 0.05) is 5.92 Å². The molecular weight excluding hydrogens is 232 g/mol. The van der Waals surface area contributed by atoms with Crippen LogP contribution in [0.4, 0.5) is 0 Å². The molecule has 0 bridgehead atoms. The molecule has 1 saturated carbocycles. The molecule has 3 rings (SSSR count). The topological polar surface area (TPSA) is 95.7 Å². The van der Waals surface area contributed by atoms with Crippen molar-refractivity contribution in [2.45, 2.75) is 44.7 Å². The van der Waals surface area contributed by atoms with Gasteiger partial charge in [-0.15, -0.1) is 5.10 Å². The third-order valence-electron chi connectivity index (χ3n) is 2.92. The van der Waals surface area contributed by atoms with Gasteiger partial charge in [-0.3, -0.25) is 0 Å². The molecule has 0 saturated heterocycles. The highest BCUT2D eigenvalue weighted by molar-refractivity contribution is 5.07. The van der Waals surface area contributed by atoms with E-state index < -0.39 is 5.54 Å². The molecule has 0 amide bonds. The Bertz CT molecular complexity index is 548. The lowest BCUT2D eigenvalue weighted by atomic mass is 10.0. The van der Waals surface area contributed by atoms with E-state index in [0.717, 1.165) is 24.4 Å². The Morgan fingerprint density at radius 2 is 2.28 bits per heavy atom. The number of nitrogens with two attached hydrogens (primary N) is 1. The summed E-state index contributed by atoms with van der Waals surface area (Å²) in [5.74, 6) is 1.87. The van der Waals surface area contributed by atoms with Gasteiger partial charge in [0.15, 0.2) is 5.82 Å². The highest BCUT2D eigenvalue weighted by Crippen LogP contribution is 2.38. The van der Waals surface area contributed by atoms with E-state index in [0.29, 0.717) is 18.4 Å². The minimum absolute atomic E-state index is 0.433. The average Bonchev–Trinajstić information content (AvgIpc) is 2.85. The summed E-state index contributed by atoms with van der Waals surface area (Å²) in [4.78, 5) is 4.34. The normalized spacial score (nSPS) is 16.2. The van der Waals surface area contributed by atoms with E-state index in [9.17, 15) is 0 Å². The molecule has 0 unspecified atom stereocenters. The summed E-state index contributed by atoms with van der Waals surface area (Å²) >= 11 is 0. The van der Waals surface area contributed by atoms with Crippen molar-refractivity contribution in [2.24, 2.45) is 5.73 Å². The van der Waals surface area contributed by atoms with Crippen LogP contribution in [-0.4, -0.2) is 25.1 Å². The SMILES string of the molecule is CC(C)(N)c1cn(Cc2nc(C3CC3)no2)nn1. The van der Waals surface area contributed by atoms with Gasteiger partial charge in [0.1, 0.15) is 12.2 Å². The van der Waals surface area contributed by atoms with Gasteiger partial charge in [-0.2, -0.15) is 4.98 Å². The molecule has 0 atom stereocenters. The van der Waals surface area contributed by atoms with Gasteiger partial charge >= 0.3 is 0 Å². The van der Waals surface area contributed by atoms with Crippen LogP contribution in [0.2, 0.25) is 0 Å². The molecule has 2 aromatic rings. The van der Waals surface area contributed by atoms with Crippen LogP contribution >= 0.6 is 0 Å². The van der Waals surface area contributed by atoms with Crippen molar-refractivity contribution in [1.29, 1.82) is 0 Å². The molecule has 1 aliphatic rings. The Morgan fingerprint density at radius 1 is 1.50 bits per heavy atom. The first-order valence-electron chi connectivity index (χ1n) is 6.04. The maximum absolute atomic E-state index is 5.95. The molecule has 2 aromatic heterocycles. The smallest absolute Gasteiger partial charge is 0.248 e. The fraction of sp³-hybridized carbons (Fsp3) is 0.636. The van der Waals surface area contributed by atoms with Gasteiger partial charge in [0.25, 0.3) is 0 Å². The maximum atomic E-state index is 5.95. The third kappa shape index (κ3) is 2.26. The minimum Gasteiger partial charge on any atom is -0.337 e. The fourth-order valence-electron chi connectivity index (χ4n) is 1.65. The van der Waals surface area contributed by atoms with Crippen LogP contribution in [0.15, 0.2) is 10.7 Å². The van der Waals surface area contributed by atoms with Crippen molar-refractivity contribution < 1.29 is 4.52 Å². The lowest BCUT2D eigenvalue weighted by Gasteiger charge is -2.13. The third-order valence-corrected chi connectivity index (χ3v) is 2.92. The molecule has 0 aliphatic heterocycles. The predicted octanol–water partition coefficient (Wildman–Crippen LogP) is 0.781. The molecule has 7 nitrogen and oxygen atoms in total. The van der Waals surface area contributed by atoms with E-state index >= 15 is 0 Å². The molecule has 0 spiro atoms. The zero-order valence-electron chi connectivity index (χ0n) is 10.5. The van der Waals surface area contributed by atoms with E-state index in [1.54, 1.807) is 10.9 Å². The molecule has 2 N–H and O–H groups in total. The van der Waals surface area contributed by atoms with Crippen molar-refractivity contribution in [2.75, 3.05) is 0 Å². The number of hydrogen-bond acceptors (Lipinski definition) is 6. The monoisotopic (exact) mass is 248 g/mol. The summed E-state index contributed by atoms with van der Waals surface area (Å²) in [6, 6.07) is 0. The first-order valence-corrected chi connectivity index (χ1v) is 6.04. The Balaban J connectivity index is 1.73. The molecule has 7 heteroatoms. The summed E-state index contributed by atoms with van der Waals surface area (Å²) in [7, 11) is 0. The summed E-state index contributed by atoms with van der Waals surface area (Å²) in [6.07, 6.45) is 4.13. The van der Waals surface area contributed by atoms with Gasteiger partial charge in [-0.1, -0.05) is 10.4 Å². The highest BCUT2D eigenvalue weighted by Gasteiger charge is 2.28. The van der Waals surface area contributed by atoms with E-state index in [4.69, 9.17) is 10.3 Å². The van der Waals surface area contributed by atoms with Gasteiger partial charge in [0.05, 0.1) is 11.7 Å². The van der Waals surface area contributed by atoms with Crippen molar-refractivity contribution in [3.63, 3.8) is 0 Å². The molecular formula is C11H16N6O. The minimum atomic E-state index is -0.494. The lowest BCUT2D eigenvalue weighted by molar-refractivity contribution is 0.360. The number of hydrogen-bond donors (Lipinski definition) is 1. The standard InChI is InChI=1S/C11H16N6O/c1-11(2,12)8-5-17(16-14-8)6-9-13-10(15-18-9)7-3-4-7/h5,7H,3-4,6,12H2,1-2H3. The molecule has 0 aromatic carbocycles. The number of nitrogens with zero attached hydrogens (tertiary/aromatic N) is 5. The first-order chi connectivity index (χ1) is 8.52. The van der Waals surface area contributed by atoms with Gasteiger partial charge < -0.3 is 10.3 Å². The quantitative estimate of drug-likeness (QED) is 0.859. The van der Waals surface area contributed by atoms with E-state index in [-0.39, 0.29) is 0 Å². The van der Waals surface area contributed by atoms with E-state index in [1.807, 2.05) is 13.8 Å². The molecule has 1 fully saturated rings. The van der Waals surface area contributed by atoms with Crippen molar-refractivity contribution in [3.8, 4) is 0 Å². The summed E-state index contributed by atoms with van der Waals surface area (Å²) < 4.78 is 6.84. The van der Waals surface area contributed by atoms with Crippen LogP contribution in [-0.2, 0) is 12.1 Å². The zero-order chi connectivity index (χ0) is 12.8. The Hall–Kier alpha value is -1.76. The van der Waals surface area contributed by atoms with Crippen LogP contribution in [0.5, 0.6) is 0 Å². The zero-order valence-corrected chi connectivity index (χ0v) is 10.5. The second-order valence-corrected chi connectivity index (χ2v) is 5.34. The van der Waals surface area contributed by atoms with Crippen molar-refractivity contribution in [3.05, 3.63) is 23.6 Å². The Kier molecular flexibility index (Phi) is 2.44. The fourth-order valence-corrected chi connectivity index (χ4v) is 1.65. The molecule has 2 heterocycles. The lowest BCUT2D eigenvalue weighted by Crippen LogP contribution is -2.29. The Labute approximate surface area is 104 Å². The van der Waals surface area contributed by atoms with Gasteiger partial charge in [0.2, 0.25) is 5.89 Å². The van der Waals surface area contributed by atoms with Crippen LogP contribution < -0.4 is 5.73 Å². The van der Waals surface area contributed by atoms with Crippen LogP contribution in [0.1, 0.15) is 50.0 Å². The molecule has 1 aliphatic carbocycles. The van der Waals surface area contributed by atoms with E-state index in [2.05, 4.69) is 20.5 Å². The van der Waals surface area contributed by atoms with Crippen LogP contribution in [0.25, 0.3) is 0 Å². The number of rotatable bonds is 4. The summed E-state index contributed by atoms with van der Waals surface area (Å²) in [5.41, 5.74) is 6.19. The number of aromatic nitrogens is 5. The van der Waals surface area contributed by atoms with Crippen molar-refractivity contribution >= 4 is 0 Å². The maximum Gasteiger partial charge on any atom is 0.248 e. The van der Waals surface area contributed by atoms with Gasteiger partial charge in [-0.05, 0) is 26.7 Å². The van der Waals surface area contributed by atoms with Crippen molar-refractivity contribution in [1.82, 2.24) is 25.1 Å². The van der Waals surface area contributed by atoms with Crippen LogP contribution in [0, 0.1) is 0 Å².